The van der Waals surface area contributed by atoms with Gasteiger partial charge in [0.15, 0.2) is 0 Å². The highest BCUT2D eigenvalue weighted by atomic mass is 16.5. The van der Waals surface area contributed by atoms with E-state index in [0.29, 0.717) is 39.0 Å². The van der Waals surface area contributed by atoms with E-state index in [4.69, 9.17) is 4.74 Å². The zero-order chi connectivity index (χ0) is 22.7. The summed E-state index contributed by atoms with van der Waals surface area (Å²) < 4.78 is 9.60. The van der Waals surface area contributed by atoms with Gasteiger partial charge in [0.05, 0.1) is 13.7 Å². The number of rotatable bonds is 12. The lowest BCUT2D eigenvalue weighted by Gasteiger charge is -2.09. The first-order valence-electron chi connectivity index (χ1n) is 10.1. The van der Waals surface area contributed by atoms with Gasteiger partial charge in [0.1, 0.15) is 0 Å². The molecule has 170 valence electrons. The molecule has 4 amide bonds. The number of carbonyl (C=O) groups is 3. The predicted molar refractivity (Wildman–Crippen MR) is 119 cm³/mol. The molecule has 4 N–H and O–H groups in total. The molecule has 1 rings (SSSR count). The largest absolute Gasteiger partial charge is 0.453 e. The van der Waals surface area contributed by atoms with E-state index in [1.165, 1.54) is 7.11 Å². The highest BCUT2D eigenvalue weighted by molar-refractivity contribution is 5.73. The molecule has 1 aromatic carbocycles. The maximum atomic E-state index is 11.7. The van der Waals surface area contributed by atoms with Crippen molar-refractivity contribution in [3.63, 3.8) is 0 Å². The SMILES string of the molecule is C/C=C\C(=C/CCNC(=O)OCCCNC(=O)NCc1ccccc1)CNC(=O)OC. The molecule has 9 heteroatoms. The molecular weight excluding hydrogens is 400 g/mol. The second kappa shape index (κ2) is 16.3. The van der Waals surface area contributed by atoms with Crippen LogP contribution in [-0.2, 0) is 16.0 Å². The van der Waals surface area contributed by atoms with Gasteiger partial charge in [-0.15, -0.1) is 0 Å². The molecule has 0 spiro atoms. The number of nitrogens with one attached hydrogen (secondary N) is 4. The van der Waals surface area contributed by atoms with E-state index >= 15 is 0 Å². The molecule has 0 aliphatic heterocycles. The first-order chi connectivity index (χ1) is 15.0. The number of methoxy groups -OCH3 is 1. The Kier molecular flexibility index (Phi) is 13.5. The second-order valence-corrected chi connectivity index (χ2v) is 6.42. The average Bonchev–Trinajstić information content (AvgIpc) is 2.78. The topological polar surface area (TPSA) is 118 Å². The molecule has 0 saturated heterocycles. The van der Waals surface area contributed by atoms with Gasteiger partial charge in [-0.05, 0) is 30.9 Å². The fourth-order valence-corrected chi connectivity index (χ4v) is 2.42. The van der Waals surface area contributed by atoms with Crippen molar-refractivity contribution in [1.82, 2.24) is 21.3 Å². The van der Waals surface area contributed by atoms with Crippen LogP contribution >= 0.6 is 0 Å². The van der Waals surface area contributed by atoms with Crippen LogP contribution in [-0.4, -0.2) is 51.6 Å². The van der Waals surface area contributed by atoms with Gasteiger partial charge in [0, 0.05) is 26.2 Å². The third-order valence-corrected chi connectivity index (χ3v) is 3.96. The molecule has 0 heterocycles. The minimum absolute atomic E-state index is 0.202. The summed E-state index contributed by atoms with van der Waals surface area (Å²) in [5.41, 5.74) is 1.92. The van der Waals surface area contributed by atoms with E-state index in [1.807, 2.05) is 55.5 Å². The minimum atomic E-state index is -0.512. The summed E-state index contributed by atoms with van der Waals surface area (Å²) in [6.07, 6.45) is 5.73. The Hall–Kier alpha value is -3.49. The van der Waals surface area contributed by atoms with Crippen LogP contribution in [0.25, 0.3) is 0 Å². The van der Waals surface area contributed by atoms with Crippen molar-refractivity contribution in [2.45, 2.75) is 26.3 Å². The number of allylic oxidation sites excluding steroid dienone is 1. The van der Waals surface area contributed by atoms with E-state index in [9.17, 15) is 14.4 Å². The van der Waals surface area contributed by atoms with Crippen LogP contribution in [0, 0.1) is 0 Å². The molecule has 0 aliphatic rings. The maximum Gasteiger partial charge on any atom is 0.407 e. The number of hydrogen-bond donors (Lipinski definition) is 4. The predicted octanol–water partition coefficient (Wildman–Crippen LogP) is 2.85. The third-order valence-electron chi connectivity index (χ3n) is 3.96. The summed E-state index contributed by atoms with van der Waals surface area (Å²) in [4.78, 5) is 34.5. The Morgan fingerprint density at radius 2 is 1.74 bits per heavy atom. The van der Waals surface area contributed by atoms with Crippen LogP contribution in [0.3, 0.4) is 0 Å². The van der Waals surface area contributed by atoms with Crippen LogP contribution in [0.1, 0.15) is 25.3 Å². The fraction of sp³-hybridized carbons (Fsp3) is 0.409. The molecule has 0 unspecified atom stereocenters. The van der Waals surface area contributed by atoms with Crippen molar-refractivity contribution in [2.24, 2.45) is 0 Å². The van der Waals surface area contributed by atoms with Gasteiger partial charge in [-0.3, -0.25) is 0 Å². The van der Waals surface area contributed by atoms with Crippen molar-refractivity contribution in [3.8, 4) is 0 Å². The zero-order valence-corrected chi connectivity index (χ0v) is 18.1. The van der Waals surface area contributed by atoms with Crippen molar-refractivity contribution < 1.29 is 23.9 Å². The van der Waals surface area contributed by atoms with Crippen LogP contribution in [0.15, 0.2) is 54.1 Å². The van der Waals surface area contributed by atoms with Gasteiger partial charge in [-0.1, -0.05) is 48.6 Å². The molecule has 0 atom stereocenters. The quantitative estimate of drug-likeness (QED) is 0.299. The summed E-state index contributed by atoms with van der Waals surface area (Å²) in [5.74, 6) is 0. The monoisotopic (exact) mass is 432 g/mol. The lowest BCUT2D eigenvalue weighted by molar-refractivity contribution is 0.145. The molecule has 31 heavy (non-hydrogen) atoms. The number of amides is 4. The normalized spacial score (nSPS) is 11.0. The molecule has 0 aliphatic carbocycles. The Morgan fingerprint density at radius 1 is 0.968 bits per heavy atom. The number of carbonyl (C=O) groups excluding carboxylic acids is 3. The molecule has 0 saturated carbocycles. The summed E-state index contributed by atoms with van der Waals surface area (Å²) >= 11 is 0. The van der Waals surface area contributed by atoms with E-state index in [1.54, 1.807) is 0 Å². The minimum Gasteiger partial charge on any atom is -0.453 e. The Labute approximate surface area is 183 Å². The van der Waals surface area contributed by atoms with E-state index in [-0.39, 0.29) is 12.6 Å². The molecule has 1 aromatic rings. The first kappa shape index (κ1) is 25.5. The standard InChI is InChI=1S/C22H32N4O5/c1-3-9-18(17-26-21(28)30-2)12-7-13-24-22(29)31-15-8-14-23-20(27)25-16-19-10-5-4-6-11-19/h3-6,9-12H,7-8,13-17H2,1-2H3,(H,24,29)(H,26,28)(H2,23,25,27)/b9-3-,18-12+. The van der Waals surface area contributed by atoms with Gasteiger partial charge in [-0.25, -0.2) is 14.4 Å². The van der Waals surface area contributed by atoms with Crippen molar-refractivity contribution in [3.05, 3.63) is 59.7 Å². The summed E-state index contributed by atoms with van der Waals surface area (Å²) in [6.45, 7) is 3.67. The fourth-order valence-electron chi connectivity index (χ4n) is 2.42. The summed E-state index contributed by atoms with van der Waals surface area (Å²) in [5, 5.41) is 10.7. The number of ether oxygens (including phenoxy) is 2. The molecule has 0 radical (unpaired) electrons. The molecule has 0 aromatic heterocycles. The van der Waals surface area contributed by atoms with Crippen LogP contribution in [0.2, 0.25) is 0 Å². The Morgan fingerprint density at radius 3 is 2.45 bits per heavy atom. The number of alkyl carbamates (subject to hydrolysis) is 2. The summed E-state index contributed by atoms with van der Waals surface area (Å²) in [6, 6.07) is 9.35. The van der Waals surface area contributed by atoms with Crippen molar-refractivity contribution in [1.29, 1.82) is 0 Å². The van der Waals surface area contributed by atoms with Gasteiger partial charge in [-0.2, -0.15) is 0 Å². The number of urea groups is 1. The van der Waals surface area contributed by atoms with Gasteiger partial charge in [0.2, 0.25) is 0 Å². The highest BCUT2D eigenvalue weighted by Crippen LogP contribution is 1.99. The van der Waals surface area contributed by atoms with Crippen LogP contribution in [0.5, 0.6) is 0 Å². The smallest absolute Gasteiger partial charge is 0.407 e. The summed E-state index contributed by atoms with van der Waals surface area (Å²) in [7, 11) is 1.31. The Bertz CT molecular complexity index is 735. The van der Waals surface area contributed by atoms with Gasteiger partial charge < -0.3 is 30.7 Å². The highest BCUT2D eigenvalue weighted by Gasteiger charge is 2.03. The lowest BCUT2D eigenvalue weighted by Crippen LogP contribution is -2.36. The zero-order valence-electron chi connectivity index (χ0n) is 18.1. The van der Waals surface area contributed by atoms with E-state index < -0.39 is 12.2 Å². The third kappa shape index (κ3) is 13.4. The van der Waals surface area contributed by atoms with Crippen molar-refractivity contribution >= 4 is 18.2 Å². The Balaban J connectivity index is 2.09. The van der Waals surface area contributed by atoms with Gasteiger partial charge >= 0.3 is 18.2 Å². The van der Waals surface area contributed by atoms with E-state index in [2.05, 4.69) is 26.0 Å². The number of hydrogen-bond acceptors (Lipinski definition) is 5. The van der Waals surface area contributed by atoms with Crippen LogP contribution < -0.4 is 21.3 Å². The molecule has 9 nitrogen and oxygen atoms in total. The molecule has 0 bridgehead atoms. The van der Waals surface area contributed by atoms with Gasteiger partial charge in [0.25, 0.3) is 0 Å². The van der Waals surface area contributed by atoms with Crippen molar-refractivity contribution in [2.75, 3.05) is 33.4 Å². The maximum absolute atomic E-state index is 11.7. The average molecular weight is 433 g/mol. The lowest BCUT2D eigenvalue weighted by atomic mass is 10.2. The number of benzene rings is 1. The first-order valence-corrected chi connectivity index (χ1v) is 10.1. The van der Waals surface area contributed by atoms with Crippen LogP contribution in [0.4, 0.5) is 14.4 Å². The molecular formula is C22H32N4O5. The second-order valence-electron chi connectivity index (χ2n) is 6.42. The molecule has 0 fully saturated rings. The van der Waals surface area contributed by atoms with E-state index in [0.717, 1.165) is 11.1 Å².